The average Bonchev–Trinajstić information content (AvgIpc) is 3.01. The van der Waals surface area contributed by atoms with Crippen LogP contribution in [0, 0.1) is 0 Å². The highest BCUT2D eigenvalue weighted by atomic mass is 35.5. The minimum Gasteiger partial charge on any atom is -0.463 e. The van der Waals surface area contributed by atoms with E-state index in [1.807, 2.05) is 18.2 Å². The molecule has 0 unspecified atom stereocenters. The Hall–Kier alpha value is -1.69. The van der Waals surface area contributed by atoms with Crippen LogP contribution < -0.4 is 0 Å². The van der Waals surface area contributed by atoms with Crippen LogP contribution in [0.4, 0.5) is 0 Å². The van der Waals surface area contributed by atoms with Gasteiger partial charge in [0.05, 0.1) is 17.2 Å². The van der Waals surface area contributed by atoms with Crippen molar-refractivity contribution in [3.63, 3.8) is 0 Å². The molecule has 0 saturated carbocycles. The molecule has 1 heterocycles. The molecule has 7 heteroatoms. The van der Waals surface area contributed by atoms with Gasteiger partial charge in [-0.1, -0.05) is 35.3 Å². The van der Waals surface area contributed by atoms with E-state index in [1.165, 1.54) is 0 Å². The maximum Gasteiger partial charge on any atom is 0.347 e. The number of halogens is 2. The van der Waals surface area contributed by atoms with Crippen molar-refractivity contribution in [3.8, 4) is 0 Å². The zero-order valence-corrected chi connectivity index (χ0v) is 15.4. The SMILES string of the molecule is O=C(O[C@@H]1CCOC1=O)c1ccc(CSc2cc(Cl)ccc2Cl)cc1. The van der Waals surface area contributed by atoms with Crippen molar-refractivity contribution >= 4 is 46.9 Å². The molecular weight excluding hydrogens is 383 g/mol. The Morgan fingerprint density at radius 1 is 1.20 bits per heavy atom. The van der Waals surface area contributed by atoms with E-state index in [9.17, 15) is 9.59 Å². The molecule has 130 valence electrons. The van der Waals surface area contributed by atoms with E-state index in [-0.39, 0.29) is 0 Å². The van der Waals surface area contributed by atoms with Crippen LogP contribution in [0.5, 0.6) is 0 Å². The van der Waals surface area contributed by atoms with Crippen molar-refractivity contribution in [2.75, 3.05) is 6.61 Å². The molecule has 1 fully saturated rings. The van der Waals surface area contributed by atoms with E-state index >= 15 is 0 Å². The lowest BCUT2D eigenvalue weighted by atomic mass is 10.1. The molecule has 0 radical (unpaired) electrons. The maximum atomic E-state index is 12.1. The molecule has 0 aromatic heterocycles. The second kappa shape index (κ2) is 8.13. The number of ether oxygens (including phenoxy) is 2. The van der Waals surface area contributed by atoms with E-state index < -0.39 is 18.0 Å². The first-order valence-electron chi connectivity index (χ1n) is 7.57. The van der Waals surface area contributed by atoms with Gasteiger partial charge < -0.3 is 9.47 Å². The van der Waals surface area contributed by atoms with E-state index in [4.69, 9.17) is 32.7 Å². The molecule has 0 N–H and O–H groups in total. The number of esters is 2. The number of cyclic esters (lactones) is 1. The van der Waals surface area contributed by atoms with Crippen molar-refractivity contribution in [1.29, 1.82) is 0 Å². The number of benzene rings is 2. The van der Waals surface area contributed by atoms with Gasteiger partial charge in [-0.2, -0.15) is 0 Å². The molecule has 1 atom stereocenters. The van der Waals surface area contributed by atoms with Gasteiger partial charge in [0.15, 0.2) is 0 Å². The lowest BCUT2D eigenvalue weighted by Gasteiger charge is -2.09. The summed E-state index contributed by atoms with van der Waals surface area (Å²) in [6, 6.07) is 12.4. The Kier molecular flexibility index (Phi) is 5.89. The lowest BCUT2D eigenvalue weighted by Crippen LogP contribution is -2.22. The summed E-state index contributed by atoms with van der Waals surface area (Å²) in [6.45, 7) is 0.291. The predicted octanol–water partition coefficient (Wildman–Crippen LogP) is 4.76. The Morgan fingerprint density at radius 2 is 1.96 bits per heavy atom. The van der Waals surface area contributed by atoms with Gasteiger partial charge in [0.25, 0.3) is 0 Å². The van der Waals surface area contributed by atoms with E-state index in [1.54, 1.807) is 36.0 Å². The minimum atomic E-state index is -0.798. The largest absolute Gasteiger partial charge is 0.463 e. The van der Waals surface area contributed by atoms with Crippen LogP contribution >= 0.6 is 35.0 Å². The fourth-order valence-electron chi connectivity index (χ4n) is 2.27. The number of thioether (sulfide) groups is 1. The molecule has 25 heavy (non-hydrogen) atoms. The van der Waals surface area contributed by atoms with Gasteiger partial charge in [-0.3, -0.25) is 0 Å². The predicted molar refractivity (Wildman–Crippen MR) is 97.2 cm³/mol. The van der Waals surface area contributed by atoms with Crippen LogP contribution in [0.3, 0.4) is 0 Å². The standard InChI is InChI=1S/C18H14Cl2O4S/c19-13-5-6-14(20)16(9-13)25-10-11-1-3-12(4-2-11)17(21)24-15-7-8-23-18(15)22/h1-6,9,15H,7-8,10H2/t15-/m1/s1. The van der Waals surface area contributed by atoms with Crippen LogP contribution in [-0.2, 0) is 20.0 Å². The first-order valence-corrected chi connectivity index (χ1v) is 9.31. The van der Waals surface area contributed by atoms with Gasteiger partial charge >= 0.3 is 11.9 Å². The zero-order chi connectivity index (χ0) is 17.8. The molecule has 0 bridgehead atoms. The first-order chi connectivity index (χ1) is 12.0. The van der Waals surface area contributed by atoms with Crippen LogP contribution in [0.25, 0.3) is 0 Å². The molecule has 1 saturated heterocycles. The van der Waals surface area contributed by atoms with Gasteiger partial charge in [0, 0.05) is 22.1 Å². The Morgan fingerprint density at radius 3 is 2.64 bits per heavy atom. The molecule has 2 aromatic carbocycles. The monoisotopic (exact) mass is 396 g/mol. The molecular formula is C18H14Cl2O4S. The molecule has 0 aliphatic carbocycles. The van der Waals surface area contributed by atoms with Crippen molar-refractivity contribution < 1.29 is 19.1 Å². The number of carbonyl (C=O) groups is 2. The van der Waals surface area contributed by atoms with Crippen LogP contribution in [0.2, 0.25) is 10.0 Å². The Bertz CT molecular complexity index is 792. The van der Waals surface area contributed by atoms with E-state index in [0.29, 0.717) is 34.4 Å². The quantitative estimate of drug-likeness (QED) is 0.538. The van der Waals surface area contributed by atoms with Gasteiger partial charge in [0.1, 0.15) is 0 Å². The first kappa shape index (κ1) is 18.1. The van der Waals surface area contributed by atoms with E-state index in [2.05, 4.69) is 0 Å². The van der Waals surface area contributed by atoms with Crippen LogP contribution in [0.1, 0.15) is 22.3 Å². The summed E-state index contributed by atoms with van der Waals surface area (Å²) in [5.74, 6) is -0.328. The third-order valence-electron chi connectivity index (χ3n) is 3.61. The highest BCUT2D eigenvalue weighted by Crippen LogP contribution is 2.32. The molecule has 2 aromatic rings. The second-order valence-corrected chi connectivity index (χ2v) is 7.27. The molecule has 0 amide bonds. The van der Waals surface area contributed by atoms with Gasteiger partial charge in [-0.25, -0.2) is 9.59 Å². The molecule has 0 spiro atoms. The third kappa shape index (κ3) is 4.69. The minimum absolute atomic E-state index is 0.291. The highest BCUT2D eigenvalue weighted by molar-refractivity contribution is 7.98. The summed E-state index contributed by atoms with van der Waals surface area (Å²) in [6.07, 6.45) is -0.396. The number of carbonyl (C=O) groups excluding carboxylic acids is 2. The maximum absolute atomic E-state index is 12.1. The van der Waals surface area contributed by atoms with Crippen molar-refractivity contribution in [1.82, 2.24) is 0 Å². The smallest absolute Gasteiger partial charge is 0.347 e. The van der Waals surface area contributed by atoms with Crippen LogP contribution in [-0.4, -0.2) is 24.6 Å². The number of rotatable bonds is 5. The summed E-state index contributed by atoms with van der Waals surface area (Å²) in [4.78, 5) is 24.3. The van der Waals surface area contributed by atoms with Crippen molar-refractivity contribution in [3.05, 3.63) is 63.6 Å². The van der Waals surface area contributed by atoms with Crippen molar-refractivity contribution in [2.45, 2.75) is 23.2 Å². The Labute approximate surface area is 159 Å². The number of hydrogen-bond acceptors (Lipinski definition) is 5. The molecule has 3 rings (SSSR count). The summed E-state index contributed by atoms with van der Waals surface area (Å²) in [7, 11) is 0. The topological polar surface area (TPSA) is 52.6 Å². The normalized spacial score (nSPS) is 16.6. The lowest BCUT2D eigenvalue weighted by molar-refractivity contribution is -0.145. The third-order valence-corrected chi connectivity index (χ3v) is 5.42. The Balaban J connectivity index is 1.59. The fraction of sp³-hybridized carbons (Fsp3) is 0.222. The summed E-state index contributed by atoms with van der Waals surface area (Å²) in [5.41, 5.74) is 1.42. The van der Waals surface area contributed by atoms with Gasteiger partial charge in [-0.15, -0.1) is 11.8 Å². The van der Waals surface area contributed by atoms with E-state index in [0.717, 1.165) is 10.5 Å². The summed E-state index contributed by atoms with van der Waals surface area (Å²) < 4.78 is 9.93. The molecule has 4 nitrogen and oxygen atoms in total. The molecule has 1 aliphatic heterocycles. The van der Waals surface area contributed by atoms with Crippen LogP contribution in [0.15, 0.2) is 47.4 Å². The fourth-order valence-corrected chi connectivity index (χ4v) is 3.72. The number of hydrogen-bond donors (Lipinski definition) is 0. The highest BCUT2D eigenvalue weighted by Gasteiger charge is 2.30. The summed E-state index contributed by atoms with van der Waals surface area (Å²) >= 11 is 13.7. The zero-order valence-electron chi connectivity index (χ0n) is 13.0. The second-order valence-electron chi connectivity index (χ2n) is 5.41. The van der Waals surface area contributed by atoms with Crippen molar-refractivity contribution in [2.24, 2.45) is 0 Å². The summed E-state index contributed by atoms with van der Waals surface area (Å²) in [5, 5.41) is 1.29. The molecule has 1 aliphatic rings. The average molecular weight is 397 g/mol. The van der Waals surface area contributed by atoms with Gasteiger partial charge in [-0.05, 0) is 35.9 Å². The van der Waals surface area contributed by atoms with Gasteiger partial charge in [0.2, 0.25) is 6.10 Å².